The number of nitrogens with zero attached hydrogens (tertiary/aromatic N) is 4. The topological polar surface area (TPSA) is 40.7 Å². The Labute approximate surface area is 535 Å². The molecule has 0 fully saturated rings. The average molecular weight is 1190 g/mol. The van der Waals surface area contributed by atoms with Crippen molar-refractivity contribution in [1.82, 2.24) is 0 Å². The molecule has 7 nitrogen and oxygen atoms in total. The van der Waals surface area contributed by atoms with Crippen molar-refractivity contribution in [3.63, 3.8) is 0 Å². The van der Waals surface area contributed by atoms with E-state index >= 15 is 0 Å². The Morgan fingerprint density at radius 1 is 0.198 bits per heavy atom. The van der Waals surface area contributed by atoms with Gasteiger partial charge in [-0.3, -0.25) is 0 Å². The number of rotatable bonds is 15. The molecule has 0 saturated carbocycles. The molecular weight excluding hydrogens is 1110 g/mol. The average Bonchev–Trinajstić information content (AvgIpc) is 1.61. The summed E-state index contributed by atoms with van der Waals surface area (Å²) in [5, 5.41) is 0. The van der Waals surface area contributed by atoms with Crippen LogP contribution in [0.1, 0.15) is 74.9 Å². The number of benzene rings is 12. The maximum absolute atomic E-state index is 5.69. The summed E-state index contributed by atoms with van der Waals surface area (Å²) in [6.07, 6.45) is 0. The lowest BCUT2D eigenvalue weighted by atomic mass is 9.82. The van der Waals surface area contributed by atoms with E-state index < -0.39 is 0 Å². The van der Waals surface area contributed by atoms with Crippen LogP contribution in [0.2, 0.25) is 0 Å². The lowest BCUT2D eigenvalue weighted by Crippen LogP contribution is -2.17. The third kappa shape index (κ3) is 9.49. The van der Waals surface area contributed by atoms with Gasteiger partial charge in [0.15, 0.2) is 0 Å². The van der Waals surface area contributed by atoms with Crippen molar-refractivity contribution < 1.29 is 14.2 Å². The van der Waals surface area contributed by atoms with Gasteiger partial charge in [0.25, 0.3) is 0 Å². The molecule has 3 aliphatic rings. The Kier molecular flexibility index (Phi) is 13.8. The van der Waals surface area contributed by atoms with Crippen LogP contribution in [0.4, 0.5) is 68.2 Å². The fraction of sp³-hybridized carbons (Fsp3) is 0.143. The van der Waals surface area contributed by atoms with Crippen molar-refractivity contribution in [1.29, 1.82) is 0 Å². The first-order valence-corrected chi connectivity index (χ1v) is 31.4. The second-order valence-electron chi connectivity index (χ2n) is 25.7. The van der Waals surface area contributed by atoms with Crippen molar-refractivity contribution >= 4 is 68.2 Å². The third-order valence-corrected chi connectivity index (χ3v) is 19.6. The predicted molar refractivity (Wildman–Crippen MR) is 378 cm³/mol. The van der Waals surface area contributed by atoms with Gasteiger partial charge in [-0.25, -0.2) is 0 Å². The van der Waals surface area contributed by atoms with Gasteiger partial charge in [0.2, 0.25) is 0 Å². The molecule has 91 heavy (non-hydrogen) atoms. The lowest BCUT2D eigenvalue weighted by molar-refractivity contribution is 0.414. The largest absolute Gasteiger partial charge is 0.497 e. The standard InChI is InChI=1S/C84H72N4O3/c1-82(2)78-21-15-12-18-72(78)75-52-64(42-51-79(75)82)86(61-34-43-67(89-7)44-35-61)58-28-22-55(23-29-58)85(56-24-30-59(31-25-56)87(62-36-45-68(90-8)46-37-62)65-40-49-73-70-16-10-13-19-76(70)83(3,4)80(73)53-65)57-26-32-60(33-27-57)88(63-38-47-69(91-9)48-39-63)66-41-50-74-71-17-11-14-20-77(71)84(5,6)81(74)54-66/h10-54H,1-9H3. The van der Waals surface area contributed by atoms with Crippen molar-refractivity contribution in [2.45, 2.75) is 57.8 Å². The molecule has 12 aromatic carbocycles. The summed E-state index contributed by atoms with van der Waals surface area (Å²) in [5.41, 5.74) is 27.7. The minimum atomic E-state index is -0.171. The van der Waals surface area contributed by atoms with Crippen LogP contribution in [0.5, 0.6) is 17.2 Å². The van der Waals surface area contributed by atoms with E-state index in [4.69, 9.17) is 14.2 Å². The molecule has 0 amide bonds. The maximum Gasteiger partial charge on any atom is 0.119 e. The highest BCUT2D eigenvalue weighted by Crippen LogP contribution is 2.55. The fourth-order valence-electron chi connectivity index (χ4n) is 14.7. The van der Waals surface area contributed by atoms with E-state index in [1.165, 1.54) is 66.8 Å². The smallest absolute Gasteiger partial charge is 0.119 e. The molecule has 12 aromatic rings. The molecule has 15 rings (SSSR count). The van der Waals surface area contributed by atoms with Crippen LogP contribution in [-0.2, 0) is 16.2 Å². The summed E-state index contributed by atoms with van der Waals surface area (Å²) in [4.78, 5) is 9.43. The molecule has 0 heterocycles. The third-order valence-electron chi connectivity index (χ3n) is 19.6. The predicted octanol–water partition coefficient (Wildman–Crippen LogP) is 22.5. The summed E-state index contributed by atoms with van der Waals surface area (Å²) in [7, 11) is 5.15. The van der Waals surface area contributed by atoms with E-state index in [-0.39, 0.29) is 16.2 Å². The number of fused-ring (bicyclic) bond motifs is 9. The molecule has 0 atom stereocenters. The monoisotopic (exact) mass is 1180 g/mol. The van der Waals surface area contributed by atoms with E-state index in [0.717, 1.165) is 85.5 Å². The minimum absolute atomic E-state index is 0.114. The van der Waals surface area contributed by atoms with Crippen molar-refractivity contribution in [3.8, 4) is 50.6 Å². The number of hydrogen-bond acceptors (Lipinski definition) is 7. The van der Waals surface area contributed by atoms with Gasteiger partial charge in [0, 0.05) is 84.5 Å². The van der Waals surface area contributed by atoms with Gasteiger partial charge in [-0.05, 0) is 249 Å². The van der Waals surface area contributed by atoms with Gasteiger partial charge in [0.05, 0.1) is 21.3 Å². The molecule has 0 saturated heterocycles. The molecule has 0 aliphatic heterocycles. The molecule has 0 N–H and O–H groups in total. The van der Waals surface area contributed by atoms with Crippen LogP contribution in [0.25, 0.3) is 33.4 Å². The second-order valence-corrected chi connectivity index (χ2v) is 25.7. The Morgan fingerprint density at radius 2 is 0.407 bits per heavy atom. The fourth-order valence-corrected chi connectivity index (χ4v) is 14.7. The molecule has 0 unspecified atom stereocenters. The van der Waals surface area contributed by atoms with Gasteiger partial charge in [0.1, 0.15) is 17.2 Å². The van der Waals surface area contributed by atoms with E-state index in [0.29, 0.717) is 0 Å². The Bertz CT molecular complexity index is 4520. The highest BCUT2D eigenvalue weighted by atomic mass is 16.5. The summed E-state index contributed by atoms with van der Waals surface area (Å²) in [6.45, 7) is 14.0. The van der Waals surface area contributed by atoms with Gasteiger partial charge in [-0.1, -0.05) is 133 Å². The van der Waals surface area contributed by atoms with Crippen LogP contribution in [0.15, 0.2) is 273 Å². The Morgan fingerprint density at radius 3 is 0.714 bits per heavy atom. The highest BCUT2D eigenvalue weighted by Gasteiger charge is 2.39. The molecule has 446 valence electrons. The van der Waals surface area contributed by atoms with Crippen LogP contribution in [-0.4, -0.2) is 21.3 Å². The van der Waals surface area contributed by atoms with Gasteiger partial charge in [-0.2, -0.15) is 0 Å². The molecule has 0 bridgehead atoms. The maximum atomic E-state index is 5.69. The zero-order chi connectivity index (χ0) is 62.3. The molecular formula is C84H72N4O3. The Hall–Kier alpha value is -10.8. The number of anilines is 12. The molecule has 0 aromatic heterocycles. The summed E-state index contributed by atoms with van der Waals surface area (Å²) < 4.78 is 17.1. The van der Waals surface area contributed by atoms with Gasteiger partial charge < -0.3 is 33.8 Å². The number of methoxy groups -OCH3 is 3. The van der Waals surface area contributed by atoms with Gasteiger partial charge >= 0.3 is 0 Å². The van der Waals surface area contributed by atoms with Crippen LogP contribution in [0.3, 0.4) is 0 Å². The minimum Gasteiger partial charge on any atom is -0.497 e. The first-order valence-electron chi connectivity index (χ1n) is 31.4. The molecule has 3 aliphatic carbocycles. The zero-order valence-electron chi connectivity index (χ0n) is 53.0. The van der Waals surface area contributed by atoms with Crippen LogP contribution < -0.4 is 33.8 Å². The van der Waals surface area contributed by atoms with Crippen molar-refractivity contribution in [2.75, 3.05) is 40.9 Å². The highest BCUT2D eigenvalue weighted by molar-refractivity contribution is 5.91. The van der Waals surface area contributed by atoms with E-state index in [9.17, 15) is 0 Å². The van der Waals surface area contributed by atoms with Crippen LogP contribution in [0, 0.1) is 0 Å². The second kappa shape index (κ2) is 22.1. The first kappa shape index (κ1) is 56.7. The van der Waals surface area contributed by atoms with Crippen molar-refractivity contribution in [3.05, 3.63) is 306 Å². The van der Waals surface area contributed by atoms with E-state index in [1.54, 1.807) is 21.3 Å². The normalized spacial score (nSPS) is 13.8. The lowest BCUT2D eigenvalue weighted by Gasteiger charge is -2.31. The van der Waals surface area contributed by atoms with E-state index in [2.05, 4.69) is 298 Å². The van der Waals surface area contributed by atoms with Crippen LogP contribution >= 0.6 is 0 Å². The molecule has 0 spiro atoms. The SMILES string of the molecule is COc1ccc(N(c2ccc(N(c3ccc(N(c4ccc(OC)cc4)c4ccc5c(c4)C(C)(C)c4ccccc4-5)cc3)c3ccc(N(c4ccc(OC)cc4)c4ccc5c(c4)C(C)(C)c4ccccc4-5)cc3)cc2)c2ccc3c(c2)-c2ccccc2C3(C)C)cc1. The first-order chi connectivity index (χ1) is 44.2. The molecule has 0 radical (unpaired) electrons. The number of hydrogen-bond donors (Lipinski definition) is 0. The van der Waals surface area contributed by atoms with E-state index in [1.807, 2.05) is 36.4 Å². The number of ether oxygens (including phenoxy) is 3. The van der Waals surface area contributed by atoms with Gasteiger partial charge in [-0.15, -0.1) is 0 Å². The van der Waals surface area contributed by atoms with Crippen molar-refractivity contribution in [2.24, 2.45) is 0 Å². The summed E-state index contributed by atoms with van der Waals surface area (Å²) in [5.74, 6) is 2.42. The Balaban J connectivity index is 0.853. The zero-order valence-corrected chi connectivity index (χ0v) is 53.0. The quantitative estimate of drug-likeness (QED) is 0.101. The molecule has 7 heteroatoms. The summed E-state index contributed by atoms with van der Waals surface area (Å²) >= 11 is 0. The summed E-state index contributed by atoms with van der Waals surface area (Å²) in [6, 6.07) is 99.5.